The van der Waals surface area contributed by atoms with E-state index in [-0.39, 0.29) is 17.9 Å². The van der Waals surface area contributed by atoms with Gasteiger partial charge in [-0.15, -0.1) is 10.2 Å². The highest BCUT2D eigenvalue weighted by Gasteiger charge is 2.32. The second-order valence-electron chi connectivity index (χ2n) is 8.72. The van der Waals surface area contributed by atoms with Crippen molar-refractivity contribution in [2.24, 2.45) is 0 Å². The van der Waals surface area contributed by atoms with Crippen molar-refractivity contribution in [3.63, 3.8) is 0 Å². The first-order chi connectivity index (χ1) is 17.1. The lowest BCUT2D eigenvalue weighted by atomic mass is 9.99. The number of tetrazole rings is 1. The van der Waals surface area contributed by atoms with Crippen LogP contribution in [0.15, 0.2) is 60.7 Å². The van der Waals surface area contributed by atoms with Crippen LogP contribution >= 0.6 is 0 Å². The van der Waals surface area contributed by atoms with Gasteiger partial charge < -0.3 is 15.5 Å². The number of fused-ring (bicyclic) bond motifs is 2. The number of para-hydroxylation sites is 1. The lowest BCUT2D eigenvalue weighted by molar-refractivity contribution is -0.128. The van der Waals surface area contributed by atoms with Crippen LogP contribution in [0.5, 0.6) is 0 Å². The van der Waals surface area contributed by atoms with E-state index in [0.717, 1.165) is 33.2 Å². The second kappa shape index (κ2) is 9.63. The van der Waals surface area contributed by atoms with Gasteiger partial charge in [-0.1, -0.05) is 54.6 Å². The van der Waals surface area contributed by atoms with E-state index in [1.165, 1.54) is 0 Å². The minimum absolute atomic E-state index is 0.113. The number of nitrogens with one attached hydrogen (secondary N) is 3. The average molecular weight is 470 g/mol. The molecular weight excluding hydrogens is 442 g/mol. The molecule has 1 unspecified atom stereocenters. The Labute approximate surface area is 202 Å². The van der Waals surface area contributed by atoms with Crippen molar-refractivity contribution >= 4 is 28.3 Å². The molecular formula is C26H27N7O2. The second-order valence-corrected chi connectivity index (χ2v) is 8.72. The fourth-order valence-corrected chi connectivity index (χ4v) is 4.59. The Hall–Kier alpha value is -4.11. The van der Waals surface area contributed by atoms with Gasteiger partial charge in [0.05, 0.1) is 12.6 Å². The van der Waals surface area contributed by atoms with Gasteiger partial charge in [-0.05, 0) is 60.0 Å². The van der Waals surface area contributed by atoms with E-state index in [0.29, 0.717) is 25.2 Å². The van der Waals surface area contributed by atoms with Crippen molar-refractivity contribution in [3.8, 4) is 11.4 Å². The summed E-state index contributed by atoms with van der Waals surface area (Å²) in [7, 11) is 1.73. The molecule has 0 saturated carbocycles. The number of aromatic amines is 1. The Kier molecular flexibility index (Phi) is 6.24. The van der Waals surface area contributed by atoms with Crippen LogP contribution in [-0.2, 0) is 22.6 Å². The number of benzene rings is 3. The molecule has 2 atom stereocenters. The Balaban J connectivity index is 1.54. The third kappa shape index (κ3) is 4.38. The minimum atomic E-state index is -0.601. The number of amides is 2. The van der Waals surface area contributed by atoms with Crippen molar-refractivity contribution < 1.29 is 9.59 Å². The zero-order chi connectivity index (χ0) is 24.4. The summed E-state index contributed by atoms with van der Waals surface area (Å²) >= 11 is 0. The monoisotopic (exact) mass is 469 g/mol. The zero-order valence-corrected chi connectivity index (χ0v) is 19.7. The van der Waals surface area contributed by atoms with Gasteiger partial charge in [-0.25, -0.2) is 0 Å². The number of H-pyrrole nitrogens is 1. The molecule has 0 radical (unpaired) electrons. The van der Waals surface area contributed by atoms with Crippen LogP contribution < -0.4 is 15.5 Å². The van der Waals surface area contributed by atoms with Crippen molar-refractivity contribution in [3.05, 3.63) is 71.8 Å². The highest BCUT2D eigenvalue weighted by Crippen LogP contribution is 2.32. The van der Waals surface area contributed by atoms with E-state index in [1.54, 1.807) is 18.9 Å². The minimum Gasteiger partial charge on any atom is -0.343 e. The first-order valence-electron chi connectivity index (χ1n) is 11.7. The van der Waals surface area contributed by atoms with E-state index in [1.807, 2.05) is 60.7 Å². The van der Waals surface area contributed by atoms with Crippen molar-refractivity contribution in [1.29, 1.82) is 0 Å². The maximum Gasteiger partial charge on any atom is 0.249 e. The molecule has 1 aromatic heterocycles. The summed E-state index contributed by atoms with van der Waals surface area (Å²) in [4.78, 5) is 28.2. The van der Waals surface area contributed by atoms with Gasteiger partial charge in [-0.3, -0.25) is 9.59 Å². The van der Waals surface area contributed by atoms with Crippen molar-refractivity contribution in [2.75, 3.05) is 11.9 Å². The number of anilines is 1. The molecule has 2 amide bonds. The maximum atomic E-state index is 13.8. The molecule has 1 aliphatic rings. The van der Waals surface area contributed by atoms with E-state index < -0.39 is 6.04 Å². The van der Waals surface area contributed by atoms with Gasteiger partial charge in [-0.2, -0.15) is 5.21 Å². The number of nitrogens with zero attached hydrogens (tertiary/aromatic N) is 4. The number of rotatable bonds is 6. The lowest BCUT2D eigenvalue weighted by Crippen LogP contribution is -2.52. The van der Waals surface area contributed by atoms with Gasteiger partial charge in [0.15, 0.2) is 0 Å². The predicted octanol–water partition coefficient (Wildman–Crippen LogP) is 2.59. The zero-order valence-electron chi connectivity index (χ0n) is 19.7. The fraction of sp³-hybridized carbons (Fsp3) is 0.269. The first-order valence-corrected chi connectivity index (χ1v) is 11.7. The maximum absolute atomic E-state index is 13.8. The smallest absolute Gasteiger partial charge is 0.249 e. The quantitative estimate of drug-likeness (QED) is 0.400. The van der Waals surface area contributed by atoms with Crippen LogP contribution in [0.3, 0.4) is 0 Å². The normalized spacial score (nSPS) is 16.6. The Morgan fingerprint density at radius 2 is 1.91 bits per heavy atom. The molecule has 3 N–H and O–H groups in total. The molecule has 1 aliphatic heterocycles. The van der Waals surface area contributed by atoms with Gasteiger partial charge in [0.1, 0.15) is 6.04 Å². The summed E-state index contributed by atoms with van der Waals surface area (Å²) < 4.78 is 0. The number of carbonyl (C=O) groups excluding carboxylic acids is 2. The summed E-state index contributed by atoms with van der Waals surface area (Å²) in [6.45, 7) is 2.15. The van der Waals surface area contributed by atoms with Gasteiger partial charge >= 0.3 is 0 Å². The van der Waals surface area contributed by atoms with Crippen LogP contribution in [0.1, 0.15) is 24.5 Å². The highest BCUT2D eigenvalue weighted by molar-refractivity contribution is 6.02. The molecule has 9 heteroatoms. The molecule has 0 fully saturated rings. The summed E-state index contributed by atoms with van der Waals surface area (Å²) in [5, 5.41) is 22.4. The average Bonchev–Trinajstić information content (AvgIpc) is 3.39. The molecule has 0 aliphatic carbocycles. The molecule has 178 valence electrons. The Morgan fingerprint density at radius 1 is 1.11 bits per heavy atom. The number of likely N-dealkylation sites (N-methyl/N-ethyl adjacent to an activating group) is 1. The van der Waals surface area contributed by atoms with Gasteiger partial charge in [0, 0.05) is 11.3 Å². The summed E-state index contributed by atoms with van der Waals surface area (Å²) in [5.41, 5.74) is 3.83. The van der Waals surface area contributed by atoms with Gasteiger partial charge in [0.2, 0.25) is 17.6 Å². The third-order valence-electron chi connectivity index (χ3n) is 6.62. The molecule has 4 aromatic rings. The van der Waals surface area contributed by atoms with Crippen LogP contribution in [0.25, 0.3) is 22.2 Å². The predicted molar refractivity (Wildman–Crippen MR) is 134 cm³/mol. The number of hydrogen-bond donors (Lipinski definition) is 3. The molecule has 35 heavy (non-hydrogen) atoms. The van der Waals surface area contributed by atoms with Crippen LogP contribution in [0.4, 0.5) is 5.69 Å². The SMILES string of the molecule is CN[C@@H](C)C(=O)NC1CCc2ccccc2N(Cc2cccc3c(-c4nn[nH]n4)cccc23)C1=O. The van der Waals surface area contributed by atoms with E-state index in [4.69, 9.17) is 0 Å². The summed E-state index contributed by atoms with van der Waals surface area (Å²) in [5.74, 6) is 0.218. The molecule has 0 saturated heterocycles. The van der Waals surface area contributed by atoms with Crippen molar-refractivity contribution in [1.82, 2.24) is 31.3 Å². The van der Waals surface area contributed by atoms with E-state index in [2.05, 4.69) is 31.3 Å². The first kappa shape index (κ1) is 22.7. The molecule has 5 rings (SSSR count). The standard InChI is InChI=1S/C26H27N7O2/c1-16(27-2)25(34)28-22-14-13-17-7-3-4-12-23(17)33(26(22)35)15-18-8-5-10-20-19(18)9-6-11-21(20)24-29-31-32-30-24/h3-12,16,22,27H,13-15H2,1-2H3,(H,28,34)(H,29,30,31,32)/t16-,22?/m0/s1. The van der Waals surface area contributed by atoms with Crippen LogP contribution in [-0.4, -0.2) is 51.6 Å². The molecule has 0 bridgehead atoms. The Bertz CT molecular complexity index is 1370. The third-order valence-corrected chi connectivity index (χ3v) is 6.62. The van der Waals surface area contributed by atoms with Crippen molar-refractivity contribution in [2.45, 2.75) is 38.4 Å². The number of hydrogen-bond acceptors (Lipinski definition) is 6. The number of carbonyl (C=O) groups is 2. The lowest BCUT2D eigenvalue weighted by Gasteiger charge is -2.27. The number of aromatic nitrogens is 4. The number of aryl methyl sites for hydroxylation is 1. The highest BCUT2D eigenvalue weighted by atomic mass is 16.2. The topological polar surface area (TPSA) is 116 Å². The fourth-order valence-electron chi connectivity index (χ4n) is 4.59. The molecule has 9 nitrogen and oxygen atoms in total. The molecule has 3 aromatic carbocycles. The largest absolute Gasteiger partial charge is 0.343 e. The van der Waals surface area contributed by atoms with Gasteiger partial charge in [0.25, 0.3) is 0 Å². The molecule has 2 heterocycles. The Morgan fingerprint density at radius 3 is 2.71 bits per heavy atom. The molecule has 0 spiro atoms. The van der Waals surface area contributed by atoms with E-state index in [9.17, 15) is 9.59 Å². The van der Waals surface area contributed by atoms with E-state index >= 15 is 0 Å². The summed E-state index contributed by atoms with van der Waals surface area (Å²) in [6.07, 6.45) is 1.25. The van der Waals surface area contributed by atoms with Crippen LogP contribution in [0.2, 0.25) is 0 Å². The summed E-state index contributed by atoms with van der Waals surface area (Å²) in [6, 6.07) is 18.9. The van der Waals surface area contributed by atoms with Crippen LogP contribution in [0, 0.1) is 0 Å².